The van der Waals surface area contributed by atoms with Crippen LogP contribution in [0.1, 0.15) is 50.7 Å². The van der Waals surface area contributed by atoms with Crippen molar-refractivity contribution in [2.24, 2.45) is 11.5 Å². The number of rotatable bonds is 21. The summed E-state index contributed by atoms with van der Waals surface area (Å²) in [5.41, 5.74) is 15.1. The Kier molecular flexibility index (Phi) is 17.4. The summed E-state index contributed by atoms with van der Waals surface area (Å²) in [4.78, 5) is 4.60. The minimum absolute atomic E-state index is 0.303. The van der Waals surface area contributed by atoms with Crippen molar-refractivity contribution in [2.75, 3.05) is 39.3 Å². The minimum atomic E-state index is -0.591. The zero-order valence-corrected chi connectivity index (χ0v) is 24.8. The molecule has 2 aromatic carbocycles. The first-order chi connectivity index (χ1) is 19.4. The van der Waals surface area contributed by atoms with Crippen molar-refractivity contribution >= 4 is 0 Å². The number of nitrogens with two attached hydrogens (primary N) is 2. The molecular weight excluding hydrogens is 496 g/mol. The average Bonchev–Trinajstić information content (AvgIpc) is 2.96. The van der Waals surface area contributed by atoms with Gasteiger partial charge in [-0.1, -0.05) is 98.8 Å². The first-order valence-corrected chi connectivity index (χ1v) is 15.1. The second-order valence-electron chi connectivity index (χ2n) is 10.8. The van der Waals surface area contributed by atoms with E-state index in [9.17, 15) is 10.2 Å². The second kappa shape index (κ2) is 20.5. The van der Waals surface area contributed by atoms with Crippen LogP contribution in [0.2, 0.25) is 0 Å². The molecule has 0 aliphatic rings. The van der Waals surface area contributed by atoms with Crippen LogP contribution in [-0.4, -0.2) is 83.6 Å². The van der Waals surface area contributed by atoms with Crippen LogP contribution in [0.15, 0.2) is 85.0 Å². The van der Waals surface area contributed by atoms with Gasteiger partial charge in [0.2, 0.25) is 0 Å². The van der Waals surface area contributed by atoms with Crippen LogP contribution < -0.4 is 11.5 Å². The number of aliphatic hydroxyl groups is 2. The number of hydrogen-bond donors (Lipinski definition) is 4. The first kappa shape index (κ1) is 33.9. The molecule has 4 atom stereocenters. The van der Waals surface area contributed by atoms with Crippen molar-refractivity contribution < 1.29 is 10.2 Å². The fourth-order valence-electron chi connectivity index (χ4n) is 4.81. The van der Waals surface area contributed by atoms with Gasteiger partial charge in [0.1, 0.15) is 0 Å². The van der Waals surface area contributed by atoms with Gasteiger partial charge in [-0.25, -0.2) is 0 Å². The predicted octanol–water partition coefficient (Wildman–Crippen LogP) is 4.16. The molecule has 2 aromatic rings. The van der Waals surface area contributed by atoms with E-state index in [2.05, 4.69) is 72.2 Å². The highest BCUT2D eigenvalue weighted by molar-refractivity contribution is 5.17. The number of aliphatic hydroxyl groups excluding tert-OH is 2. The van der Waals surface area contributed by atoms with Gasteiger partial charge in [0.25, 0.3) is 0 Å². The molecule has 6 heteroatoms. The Morgan fingerprint density at radius 1 is 0.625 bits per heavy atom. The number of nitrogens with zero attached hydrogens (tertiary/aromatic N) is 2. The SMILES string of the molecule is CCC=CCN(CCCCN(CC=CCC)CC(O)C(N)Cc1ccccc1)CC(O)C(N)Cc1ccccc1. The Balaban J connectivity index is 1.87. The summed E-state index contributed by atoms with van der Waals surface area (Å²) < 4.78 is 0. The fraction of sp³-hybridized carbons (Fsp3) is 0.529. The number of allylic oxidation sites excluding steroid dienone is 2. The highest BCUT2D eigenvalue weighted by Crippen LogP contribution is 2.10. The van der Waals surface area contributed by atoms with Gasteiger partial charge >= 0.3 is 0 Å². The Bertz CT molecular complexity index is 860. The van der Waals surface area contributed by atoms with Gasteiger partial charge in [-0.05, 0) is 62.7 Å². The molecule has 0 spiro atoms. The lowest BCUT2D eigenvalue weighted by molar-refractivity contribution is 0.0889. The lowest BCUT2D eigenvalue weighted by Crippen LogP contribution is -2.45. The van der Waals surface area contributed by atoms with E-state index in [4.69, 9.17) is 11.5 Å². The van der Waals surface area contributed by atoms with E-state index in [0.29, 0.717) is 25.9 Å². The molecule has 0 bridgehead atoms. The van der Waals surface area contributed by atoms with Crippen LogP contribution in [0.5, 0.6) is 0 Å². The molecule has 0 saturated heterocycles. The summed E-state index contributed by atoms with van der Waals surface area (Å²) in [5, 5.41) is 21.8. The molecule has 0 aliphatic carbocycles. The van der Waals surface area contributed by atoms with E-state index in [0.717, 1.165) is 63.0 Å². The summed E-state index contributed by atoms with van der Waals surface area (Å²) in [5.74, 6) is 0. The van der Waals surface area contributed by atoms with Gasteiger partial charge in [-0.3, -0.25) is 9.80 Å². The highest BCUT2D eigenvalue weighted by atomic mass is 16.3. The molecule has 222 valence electrons. The van der Waals surface area contributed by atoms with Crippen LogP contribution in [0.3, 0.4) is 0 Å². The molecule has 0 fully saturated rings. The Morgan fingerprint density at radius 3 is 1.35 bits per heavy atom. The summed E-state index contributed by atoms with van der Waals surface area (Å²) in [6, 6.07) is 19.6. The van der Waals surface area contributed by atoms with Crippen molar-refractivity contribution in [2.45, 2.75) is 76.7 Å². The summed E-state index contributed by atoms with van der Waals surface area (Å²) in [6.45, 7) is 8.75. The molecule has 0 saturated carbocycles. The molecule has 0 heterocycles. The Hall–Kier alpha value is -2.32. The smallest absolute Gasteiger partial charge is 0.0821 e. The van der Waals surface area contributed by atoms with Crippen LogP contribution >= 0.6 is 0 Å². The molecule has 0 radical (unpaired) electrons. The fourth-order valence-corrected chi connectivity index (χ4v) is 4.81. The van der Waals surface area contributed by atoms with Crippen molar-refractivity contribution in [3.05, 3.63) is 96.1 Å². The van der Waals surface area contributed by atoms with Crippen molar-refractivity contribution in [1.29, 1.82) is 0 Å². The van der Waals surface area contributed by atoms with E-state index in [1.165, 1.54) is 0 Å². The van der Waals surface area contributed by atoms with E-state index in [-0.39, 0.29) is 12.1 Å². The van der Waals surface area contributed by atoms with Crippen molar-refractivity contribution in [3.63, 3.8) is 0 Å². The summed E-state index contributed by atoms with van der Waals surface area (Å²) in [6.07, 6.45) is 12.9. The van der Waals surface area contributed by atoms with Gasteiger partial charge in [0.15, 0.2) is 0 Å². The average molecular weight is 551 g/mol. The minimum Gasteiger partial charge on any atom is -0.390 e. The molecule has 0 amide bonds. The maximum absolute atomic E-state index is 10.9. The van der Waals surface area contributed by atoms with E-state index in [1.807, 2.05) is 36.4 Å². The van der Waals surface area contributed by atoms with Crippen LogP contribution in [0.4, 0.5) is 0 Å². The number of hydrogen-bond acceptors (Lipinski definition) is 6. The zero-order valence-electron chi connectivity index (χ0n) is 24.8. The molecule has 0 aromatic heterocycles. The normalized spacial score (nSPS) is 15.3. The third-order valence-electron chi connectivity index (χ3n) is 7.24. The number of unbranched alkanes of at least 4 members (excludes halogenated alkanes) is 1. The summed E-state index contributed by atoms with van der Waals surface area (Å²) >= 11 is 0. The molecule has 4 unspecified atom stereocenters. The zero-order chi connectivity index (χ0) is 29.0. The summed E-state index contributed by atoms with van der Waals surface area (Å²) in [7, 11) is 0. The van der Waals surface area contributed by atoms with E-state index >= 15 is 0 Å². The number of benzene rings is 2. The molecule has 6 nitrogen and oxygen atoms in total. The van der Waals surface area contributed by atoms with Gasteiger partial charge in [-0.2, -0.15) is 0 Å². The Morgan fingerprint density at radius 2 is 1.00 bits per heavy atom. The molecule has 2 rings (SSSR count). The molecule has 6 N–H and O–H groups in total. The molecule has 0 aliphatic heterocycles. The third kappa shape index (κ3) is 14.4. The third-order valence-corrected chi connectivity index (χ3v) is 7.24. The Labute approximate surface area is 243 Å². The maximum atomic E-state index is 10.9. The van der Waals surface area contributed by atoms with Crippen LogP contribution in [-0.2, 0) is 12.8 Å². The monoisotopic (exact) mass is 550 g/mol. The lowest BCUT2D eigenvalue weighted by Gasteiger charge is -2.29. The molecular formula is C34H54N4O2. The lowest BCUT2D eigenvalue weighted by atomic mass is 10.0. The predicted molar refractivity (Wildman–Crippen MR) is 169 cm³/mol. The van der Waals surface area contributed by atoms with Gasteiger partial charge in [-0.15, -0.1) is 0 Å². The quantitative estimate of drug-likeness (QED) is 0.138. The van der Waals surface area contributed by atoms with Gasteiger partial charge in [0, 0.05) is 38.3 Å². The van der Waals surface area contributed by atoms with Crippen molar-refractivity contribution in [3.8, 4) is 0 Å². The van der Waals surface area contributed by atoms with Gasteiger partial charge < -0.3 is 21.7 Å². The maximum Gasteiger partial charge on any atom is 0.0821 e. The molecule has 40 heavy (non-hydrogen) atoms. The van der Waals surface area contributed by atoms with Crippen LogP contribution in [0, 0.1) is 0 Å². The van der Waals surface area contributed by atoms with Gasteiger partial charge in [0.05, 0.1) is 12.2 Å². The standard InChI is InChI=1S/C34H54N4O2/c1-3-5-13-21-37(27-33(39)31(35)25-29-17-9-7-10-18-29)23-15-16-24-38(22-14-6-4-2)28-34(40)32(36)26-30-19-11-8-12-20-30/h5-14,17-20,31-34,39-40H,3-4,15-16,21-28,35-36H2,1-2H3. The topological polar surface area (TPSA) is 99.0 Å². The van der Waals surface area contributed by atoms with E-state index < -0.39 is 12.2 Å². The second-order valence-corrected chi connectivity index (χ2v) is 10.8. The first-order valence-electron chi connectivity index (χ1n) is 15.1. The van der Waals surface area contributed by atoms with Crippen LogP contribution in [0.25, 0.3) is 0 Å². The highest BCUT2D eigenvalue weighted by Gasteiger charge is 2.20. The largest absolute Gasteiger partial charge is 0.390 e. The van der Waals surface area contributed by atoms with E-state index in [1.54, 1.807) is 0 Å². The van der Waals surface area contributed by atoms with Crippen molar-refractivity contribution in [1.82, 2.24) is 9.80 Å².